The fourth-order valence-electron chi connectivity index (χ4n) is 14.3. The molecular weight excluding hydrogens is 1630 g/mol. The van der Waals surface area contributed by atoms with Crippen molar-refractivity contribution in [1.82, 2.24) is 25.6 Å². The van der Waals surface area contributed by atoms with E-state index in [1.165, 1.54) is 28.7 Å². The van der Waals surface area contributed by atoms with Gasteiger partial charge in [-0.15, -0.1) is 36.9 Å². The third-order valence-electron chi connectivity index (χ3n) is 20.5. The van der Waals surface area contributed by atoms with Gasteiger partial charge in [0.1, 0.15) is 35.9 Å². The molecule has 0 bridgehead atoms. The van der Waals surface area contributed by atoms with E-state index < -0.39 is 90.4 Å². The van der Waals surface area contributed by atoms with Crippen molar-refractivity contribution >= 4 is 96.1 Å². The van der Waals surface area contributed by atoms with Gasteiger partial charge in [-0.05, 0) is 84.1 Å². The second-order valence-electron chi connectivity index (χ2n) is 29.0. The lowest BCUT2D eigenvalue weighted by Gasteiger charge is -2.36. The first-order valence-corrected chi connectivity index (χ1v) is 43.1. The molecule has 0 spiro atoms. The maximum absolute atomic E-state index is 14.5. The van der Waals surface area contributed by atoms with Crippen molar-refractivity contribution in [1.29, 1.82) is 0 Å². The highest BCUT2D eigenvalue weighted by molar-refractivity contribution is 7.99. The number of aromatic nitrogens is 3. The monoisotopic (exact) mass is 1740 g/mol. The molecule has 12 rings (SSSR count). The van der Waals surface area contributed by atoms with Crippen LogP contribution in [0, 0.1) is 6.92 Å². The number of Topliss-reactive ketones (excluding diaryl/α,β-unsaturated/α-hetero) is 1. The van der Waals surface area contributed by atoms with Gasteiger partial charge in [0, 0.05) is 120 Å². The number of ether oxygens (including phenoxy) is 11. The Balaban J connectivity index is 0.534. The van der Waals surface area contributed by atoms with Crippen molar-refractivity contribution in [3.63, 3.8) is 0 Å². The number of nitrogens with zero attached hydrogens (tertiary/aromatic N) is 5. The van der Waals surface area contributed by atoms with Crippen molar-refractivity contribution in [2.75, 3.05) is 147 Å². The minimum atomic E-state index is -5.21. The summed E-state index contributed by atoms with van der Waals surface area (Å²) in [6.07, 6.45) is -7.75. The molecule has 9 atom stereocenters. The predicted octanol–water partition coefficient (Wildman–Crippen LogP) is 6.28. The number of rotatable bonds is 48. The van der Waals surface area contributed by atoms with E-state index in [2.05, 4.69) is 45.2 Å². The summed E-state index contributed by atoms with van der Waals surface area (Å²) in [5, 5.41) is 77.9. The van der Waals surface area contributed by atoms with Crippen LogP contribution in [0.3, 0.4) is 0 Å². The van der Waals surface area contributed by atoms with E-state index in [9.17, 15) is 63.0 Å². The summed E-state index contributed by atoms with van der Waals surface area (Å²) in [5.74, 6) is -1.85. The number of aliphatic hydroxyl groups excluding tert-OH is 6. The molecule has 9 unspecified atom stereocenters. The predicted molar refractivity (Wildman–Crippen MR) is 443 cm³/mol. The molecule has 4 amide bonds. The number of hydrogen-bond acceptors (Lipinski definition) is 29. The minimum Gasteiger partial charge on any atom is -0.464 e. The van der Waals surface area contributed by atoms with Gasteiger partial charge in [-0.3, -0.25) is 24.0 Å². The number of carbonyl (C=O) groups is 5. The number of aliphatic hydroxyl groups is 6. The molecule has 7 aromatic carbocycles. The molecular formula is C85H102ClN7O26S2. The third-order valence-corrected chi connectivity index (χ3v) is 22.7. The lowest BCUT2D eigenvalue weighted by Crippen LogP contribution is -2.51. The highest BCUT2D eigenvalue weighted by Gasteiger charge is 2.41. The number of halogens is 1. The largest absolute Gasteiger partial charge is 0.501 e. The molecule has 652 valence electrons. The fraction of sp³-hybridized carbons (Fsp3) is 0.471. The van der Waals surface area contributed by atoms with E-state index in [-0.39, 0.29) is 125 Å². The van der Waals surface area contributed by atoms with Crippen LogP contribution in [0.4, 0.5) is 11.4 Å². The zero-order valence-corrected chi connectivity index (χ0v) is 69.3. The van der Waals surface area contributed by atoms with E-state index in [1.54, 1.807) is 82.1 Å². The Kier molecular flexibility index (Phi) is 34.2. The Morgan fingerprint density at radius 1 is 0.562 bits per heavy atom. The Bertz CT molecular complexity index is 4880. The number of alkyl halides is 1. The molecule has 8 N–H and O–H groups in total. The molecule has 2 fully saturated rings. The number of fused-ring (bicyclic) bond motifs is 6. The van der Waals surface area contributed by atoms with Crippen molar-refractivity contribution < 1.29 is 124 Å². The van der Waals surface area contributed by atoms with Crippen LogP contribution >= 0.6 is 23.4 Å². The fourth-order valence-corrected chi connectivity index (χ4v) is 16.1. The summed E-state index contributed by atoms with van der Waals surface area (Å²) >= 11 is 8.25. The number of ketones is 1. The average Bonchev–Trinajstić information content (AvgIpc) is 1.56. The number of thioether (sulfide) groups is 1. The Hall–Kier alpha value is -9.06. The van der Waals surface area contributed by atoms with Gasteiger partial charge in [0.05, 0.1) is 142 Å². The molecule has 8 aromatic rings. The average molecular weight is 1740 g/mol. The Labute approximate surface area is 708 Å². The molecule has 5 heterocycles. The van der Waals surface area contributed by atoms with E-state index in [0.717, 1.165) is 27.3 Å². The maximum Gasteiger partial charge on any atom is 0.501 e. The second-order valence-corrected chi connectivity index (χ2v) is 31.7. The first-order valence-electron chi connectivity index (χ1n) is 40.2. The van der Waals surface area contributed by atoms with Crippen LogP contribution < -0.4 is 38.3 Å². The molecule has 0 radical (unpaired) electrons. The number of amides is 4. The van der Waals surface area contributed by atoms with Crippen LogP contribution in [0.15, 0.2) is 138 Å². The van der Waals surface area contributed by atoms with Gasteiger partial charge < -0.3 is 112 Å². The quantitative estimate of drug-likeness (QED) is 0.00899. The zero-order chi connectivity index (χ0) is 85.2. The van der Waals surface area contributed by atoms with Crippen LogP contribution in [0.5, 0.6) is 23.0 Å². The highest BCUT2D eigenvalue weighted by Crippen LogP contribution is 2.47. The number of carbonyl (C=O) groups excluding carboxylic acids is 5. The lowest BCUT2D eigenvalue weighted by atomic mass is 9.95. The standard InChI is InChI=1S/C85H102ClN7O26S2/c1-54-13-20-60(21-14-54)120-42-24-68(96)55-15-17-56(18-16-55)84(103)87-25-29-107-33-36-111-38-39-112-40-41-113-53-59-50-91(90-89-59)28-31-109-34-37-110-35-32-108-30-26-88-85(104)57-19-22-71(114-79-46-69(97)82(101)75(51-94)116-79)74(43-57)119-121(105,106)118-73-45-67-81(65-10-5-4-9-64(65)73)58(48-86)49-93(67)78(100)12-6-11-77(99)92-27-23-62-61-7-2-3-8-63(61)72(44-66(62)92)115-80-47-70(98)83(102)76(52-95)117-80/h2-5,7-10,13-22,43-45,50,58,69-70,75-76,79-80,82-83,94-95,97-98,101-102H,6,11-12,23-42,46-49,51-53H2,1H3,(H,87,103)(H,88,104). The number of nitrogens with one attached hydrogen (secondary N) is 2. The van der Waals surface area contributed by atoms with Crippen LogP contribution in [0.1, 0.15) is 97.9 Å². The van der Waals surface area contributed by atoms with Gasteiger partial charge in [0.15, 0.2) is 23.0 Å². The van der Waals surface area contributed by atoms with Gasteiger partial charge in [0.2, 0.25) is 24.4 Å². The van der Waals surface area contributed by atoms with Gasteiger partial charge >= 0.3 is 10.4 Å². The molecule has 1 aromatic heterocycles. The zero-order valence-electron chi connectivity index (χ0n) is 66.9. The number of anilines is 2. The number of benzene rings is 7. The minimum absolute atomic E-state index is 0.0219. The van der Waals surface area contributed by atoms with Gasteiger partial charge in [-0.25, -0.2) is 4.68 Å². The lowest BCUT2D eigenvalue weighted by molar-refractivity contribution is -0.230. The maximum atomic E-state index is 14.5. The summed E-state index contributed by atoms with van der Waals surface area (Å²) in [6, 6.07) is 36.0. The van der Waals surface area contributed by atoms with Crippen molar-refractivity contribution in [3.8, 4) is 23.0 Å². The summed E-state index contributed by atoms with van der Waals surface area (Å²) in [4.78, 5) is 71.8. The SMILES string of the molecule is Cc1ccc(SCCC(=O)c2ccc(C(=O)NCCOCCOCCOCCOCc3cn(CCOCCOCCOCCNC(=O)c4ccc(OC5CC(O)C(O)C(CO)O5)c(OS(=O)(=O)Oc5cc6c(c7ccccc57)C(CCl)CN6C(=O)CCCC(=O)N5CCc6c5cc(OC5CC(O)C(O)C(CO)O5)c5ccccc65)c4)nn3)cc2)cc1. The van der Waals surface area contributed by atoms with Crippen molar-refractivity contribution in [2.45, 2.75) is 125 Å². The molecule has 121 heavy (non-hydrogen) atoms. The van der Waals surface area contributed by atoms with Crippen LogP contribution in [0.2, 0.25) is 0 Å². The van der Waals surface area contributed by atoms with Crippen LogP contribution in [-0.4, -0.2) is 270 Å². The summed E-state index contributed by atoms with van der Waals surface area (Å²) in [5.41, 5.74) is 5.30. The van der Waals surface area contributed by atoms with Gasteiger partial charge in [0.25, 0.3) is 11.8 Å². The van der Waals surface area contributed by atoms with Gasteiger partial charge in [-0.1, -0.05) is 83.6 Å². The Morgan fingerprint density at radius 3 is 1.69 bits per heavy atom. The van der Waals surface area contributed by atoms with Gasteiger partial charge in [-0.2, -0.15) is 0 Å². The van der Waals surface area contributed by atoms with Crippen LogP contribution in [0.25, 0.3) is 21.5 Å². The number of hydrogen-bond donors (Lipinski definition) is 8. The molecule has 36 heteroatoms. The normalized spacial score (nSPS) is 19.6. The highest BCUT2D eigenvalue weighted by atomic mass is 35.5. The molecule has 2 saturated heterocycles. The Morgan fingerprint density at radius 2 is 1.08 bits per heavy atom. The third kappa shape index (κ3) is 25.3. The molecule has 0 saturated carbocycles. The summed E-state index contributed by atoms with van der Waals surface area (Å²) in [7, 11) is -5.21. The first-order chi connectivity index (χ1) is 58.7. The van der Waals surface area contributed by atoms with Crippen molar-refractivity contribution in [2.24, 2.45) is 0 Å². The molecule has 4 aliphatic heterocycles. The van der Waals surface area contributed by atoms with E-state index >= 15 is 0 Å². The summed E-state index contributed by atoms with van der Waals surface area (Å²) < 4.78 is 105. The molecule has 33 nitrogen and oxygen atoms in total. The first kappa shape index (κ1) is 91.2. The second kappa shape index (κ2) is 45.4. The van der Waals surface area contributed by atoms with Crippen LogP contribution in [-0.2, 0) is 82.2 Å². The van der Waals surface area contributed by atoms with E-state index in [0.29, 0.717) is 148 Å². The topological polar surface area (TPSA) is 422 Å². The smallest absolute Gasteiger partial charge is 0.464 e. The molecule has 0 aliphatic carbocycles. The van der Waals surface area contributed by atoms with E-state index in [1.807, 2.05) is 31.2 Å². The van der Waals surface area contributed by atoms with E-state index in [4.69, 9.17) is 72.1 Å². The summed E-state index contributed by atoms with van der Waals surface area (Å²) in [6.45, 7) is 6.19. The van der Waals surface area contributed by atoms with Crippen molar-refractivity contribution in [3.05, 3.63) is 173 Å². The number of aryl methyl sites for hydroxylation is 1. The molecule has 4 aliphatic rings.